The number of nitrogen functional groups attached to an aromatic ring is 1. The number of anilines is 1. The second-order valence-corrected chi connectivity index (χ2v) is 2.84. The summed E-state index contributed by atoms with van der Waals surface area (Å²) in [6, 6.07) is 5.06. The zero-order chi connectivity index (χ0) is 10.4. The second-order valence-electron chi connectivity index (χ2n) is 2.43. The van der Waals surface area contributed by atoms with Crippen LogP contribution in [0, 0.1) is 11.8 Å². The molecule has 0 aromatic heterocycles. The monoisotopic (exact) mass is 206 g/mol. The van der Waals surface area contributed by atoms with Crippen molar-refractivity contribution in [2.45, 2.75) is 0 Å². The zero-order valence-corrected chi connectivity index (χ0v) is 7.99. The molecule has 0 unspecified atom stereocenters. The fourth-order valence-corrected chi connectivity index (χ4v) is 1.07. The lowest BCUT2D eigenvalue weighted by atomic mass is 10.2. The third-order valence-corrected chi connectivity index (χ3v) is 1.74. The maximum Gasteiger partial charge on any atom is 0.0880 e. The van der Waals surface area contributed by atoms with Gasteiger partial charge in [-0.05, 0) is 23.7 Å². The molecule has 70 valence electrons. The smallest absolute Gasteiger partial charge is 0.0880 e. The number of nitrogens with zero attached hydrogens (tertiary/aromatic N) is 3. The van der Waals surface area contributed by atoms with Crippen LogP contribution in [0.3, 0.4) is 0 Å². The van der Waals surface area contributed by atoms with E-state index in [9.17, 15) is 0 Å². The average Bonchev–Trinajstić information content (AvgIpc) is 2.15. The predicted molar refractivity (Wildman–Crippen MR) is 56.8 cm³/mol. The highest BCUT2D eigenvalue weighted by Gasteiger charge is 1.95. The lowest BCUT2D eigenvalue weighted by Gasteiger charge is -1.96. The number of hydrogen-bond donors (Lipinski definition) is 1. The van der Waals surface area contributed by atoms with Gasteiger partial charge in [0.2, 0.25) is 0 Å². The molecule has 0 aliphatic heterocycles. The van der Waals surface area contributed by atoms with Crippen LogP contribution in [0.15, 0.2) is 23.3 Å². The molecule has 0 saturated carbocycles. The van der Waals surface area contributed by atoms with Crippen molar-refractivity contribution in [1.29, 1.82) is 0 Å². The molecule has 0 aliphatic rings. The number of benzene rings is 1. The highest BCUT2D eigenvalue weighted by Crippen LogP contribution is 2.17. The van der Waals surface area contributed by atoms with Crippen LogP contribution in [0.2, 0.25) is 5.02 Å². The van der Waals surface area contributed by atoms with Crippen LogP contribution in [0.4, 0.5) is 5.69 Å². The maximum atomic E-state index is 8.00. The van der Waals surface area contributed by atoms with Crippen LogP contribution in [-0.4, -0.2) is 6.54 Å². The second kappa shape index (κ2) is 5.03. The molecule has 14 heavy (non-hydrogen) atoms. The third-order valence-electron chi connectivity index (χ3n) is 1.43. The van der Waals surface area contributed by atoms with E-state index in [1.807, 2.05) is 0 Å². The van der Waals surface area contributed by atoms with Gasteiger partial charge in [0, 0.05) is 16.2 Å². The van der Waals surface area contributed by atoms with E-state index in [2.05, 4.69) is 21.9 Å². The molecule has 0 amide bonds. The van der Waals surface area contributed by atoms with Crippen molar-refractivity contribution in [3.8, 4) is 11.8 Å². The van der Waals surface area contributed by atoms with E-state index < -0.39 is 0 Å². The van der Waals surface area contributed by atoms with Crippen molar-refractivity contribution in [2.75, 3.05) is 12.3 Å². The molecule has 1 aromatic carbocycles. The first-order valence-corrected chi connectivity index (χ1v) is 4.16. The molecule has 0 radical (unpaired) electrons. The van der Waals surface area contributed by atoms with E-state index in [0.717, 1.165) is 0 Å². The summed E-state index contributed by atoms with van der Waals surface area (Å²) in [5.74, 6) is 5.44. The number of rotatable bonds is 1. The Morgan fingerprint density at radius 2 is 2.36 bits per heavy atom. The molecule has 0 bridgehead atoms. The van der Waals surface area contributed by atoms with E-state index in [1.54, 1.807) is 18.2 Å². The molecule has 0 saturated heterocycles. The molecule has 2 N–H and O–H groups in total. The normalized spacial score (nSPS) is 8.36. The van der Waals surface area contributed by atoms with Crippen molar-refractivity contribution < 1.29 is 0 Å². The molecule has 0 fully saturated rings. The molecule has 0 spiro atoms. The standard InChI is InChI=1S/C9H7ClN4/c10-9-6-8(11)4-3-7(9)2-1-5-13-14-12/h3-4,6H,5,11H2. The minimum Gasteiger partial charge on any atom is -0.399 e. The van der Waals surface area contributed by atoms with Crippen LogP contribution in [0.1, 0.15) is 5.56 Å². The van der Waals surface area contributed by atoms with Crippen molar-refractivity contribution in [3.05, 3.63) is 39.2 Å². The fourth-order valence-electron chi connectivity index (χ4n) is 0.834. The largest absolute Gasteiger partial charge is 0.399 e. The quantitative estimate of drug-likeness (QED) is 0.248. The van der Waals surface area contributed by atoms with Gasteiger partial charge in [-0.3, -0.25) is 0 Å². The topological polar surface area (TPSA) is 74.8 Å². The Morgan fingerprint density at radius 1 is 1.57 bits per heavy atom. The molecular weight excluding hydrogens is 200 g/mol. The van der Waals surface area contributed by atoms with Gasteiger partial charge >= 0.3 is 0 Å². The molecule has 1 rings (SSSR count). The first-order valence-electron chi connectivity index (χ1n) is 3.79. The van der Waals surface area contributed by atoms with E-state index in [0.29, 0.717) is 16.3 Å². The van der Waals surface area contributed by atoms with Gasteiger partial charge in [-0.15, -0.1) is 0 Å². The lowest BCUT2D eigenvalue weighted by molar-refractivity contribution is 1.25. The Hall–Kier alpha value is -1.82. The Kier molecular flexibility index (Phi) is 3.69. The number of hydrogen-bond acceptors (Lipinski definition) is 2. The third kappa shape index (κ3) is 2.91. The molecule has 0 heterocycles. The Balaban J connectivity index is 2.84. The molecule has 4 nitrogen and oxygen atoms in total. The lowest BCUT2D eigenvalue weighted by Crippen LogP contribution is -1.85. The van der Waals surface area contributed by atoms with Gasteiger partial charge in [0.05, 0.1) is 11.6 Å². The van der Waals surface area contributed by atoms with Gasteiger partial charge in [0.15, 0.2) is 0 Å². The van der Waals surface area contributed by atoms with Crippen LogP contribution >= 0.6 is 11.6 Å². The highest BCUT2D eigenvalue weighted by molar-refractivity contribution is 6.32. The summed E-state index contributed by atoms with van der Waals surface area (Å²) in [5, 5.41) is 3.77. The maximum absolute atomic E-state index is 8.00. The predicted octanol–water partition coefficient (Wildman–Crippen LogP) is 2.58. The molecule has 0 aliphatic carbocycles. The van der Waals surface area contributed by atoms with Crippen molar-refractivity contribution in [3.63, 3.8) is 0 Å². The highest BCUT2D eigenvalue weighted by atomic mass is 35.5. The summed E-state index contributed by atoms with van der Waals surface area (Å²) >= 11 is 5.86. The zero-order valence-electron chi connectivity index (χ0n) is 7.24. The van der Waals surface area contributed by atoms with Gasteiger partial charge < -0.3 is 5.73 Å². The van der Waals surface area contributed by atoms with Crippen molar-refractivity contribution in [1.82, 2.24) is 0 Å². The number of nitrogens with two attached hydrogens (primary N) is 1. The average molecular weight is 207 g/mol. The molecule has 0 atom stereocenters. The summed E-state index contributed by atoms with van der Waals surface area (Å²) in [6.45, 7) is 0.136. The summed E-state index contributed by atoms with van der Waals surface area (Å²) < 4.78 is 0. The van der Waals surface area contributed by atoms with Crippen molar-refractivity contribution >= 4 is 17.3 Å². The van der Waals surface area contributed by atoms with Gasteiger partial charge in [0.1, 0.15) is 0 Å². The summed E-state index contributed by atoms with van der Waals surface area (Å²) in [7, 11) is 0. The fraction of sp³-hybridized carbons (Fsp3) is 0.111. The van der Waals surface area contributed by atoms with Crippen LogP contribution in [-0.2, 0) is 0 Å². The van der Waals surface area contributed by atoms with E-state index in [1.165, 1.54) is 0 Å². The van der Waals surface area contributed by atoms with E-state index >= 15 is 0 Å². The van der Waals surface area contributed by atoms with Crippen LogP contribution in [0.5, 0.6) is 0 Å². The summed E-state index contributed by atoms with van der Waals surface area (Å²) in [5.41, 5.74) is 14.8. The van der Waals surface area contributed by atoms with E-state index in [4.69, 9.17) is 22.9 Å². The van der Waals surface area contributed by atoms with Crippen LogP contribution < -0.4 is 5.73 Å². The minimum absolute atomic E-state index is 0.136. The van der Waals surface area contributed by atoms with Crippen LogP contribution in [0.25, 0.3) is 10.4 Å². The number of halogens is 1. The summed E-state index contributed by atoms with van der Waals surface area (Å²) in [6.07, 6.45) is 0. The molecular formula is C9H7ClN4. The Morgan fingerprint density at radius 3 is 3.00 bits per heavy atom. The van der Waals surface area contributed by atoms with Gasteiger partial charge in [-0.2, -0.15) is 0 Å². The molecule has 5 heteroatoms. The molecule has 1 aromatic rings. The van der Waals surface area contributed by atoms with Crippen molar-refractivity contribution in [2.24, 2.45) is 5.11 Å². The SMILES string of the molecule is [N-]=[N+]=NCC#Cc1ccc(N)cc1Cl. The van der Waals surface area contributed by atoms with Gasteiger partial charge in [0.25, 0.3) is 0 Å². The number of azide groups is 1. The Bertz CT molecular complexity index is 438. The van der Waals surface area contributed by atoms with Gasteiger partial charge in [-0.1, -0.05) is 28.6 Å². The van der Waals surface area contributed by atoms with E-state index in [-0.39, 0.29) is 6.54 Å². The first kappa shape index (κ1) is 10.3. The Labute approximate surface area is 86.3 Å². The minimum atomic E-state index is 0.136. The van der Waals surface area contributed by atoms with Gasteiger partial charge in [-0.25, -0.2) is 0 Å². The first-order chi connectivity index (χ1) is 6.74. The summed E-state index contributed by atoms with van der Waals surface area (Å²) in [4.78, 5) is 2.57.